The number of hydrogen-bond acceptors (Lipinski definition) is 10. The Morgan fingerprint density at radius 2 is 2.00 bits per heavy atom. The molecule has 4 rings (SSSR count). The summed E-state index contributed by atoms with van der Waals surface area (Å²) in [5.41, 5.74) is 7.05. The number of rotatable bonds is 7. The number of methoxy groups -OCH3 is 1. The molecule has 0 spiro atoms. The van der Waals surface area contributed by atoms with Gasteiger partial charge in [0.1, 0.15) is 10.7 Å². The van der Waals surface area contributed by atoms with Crippen LogP contribution in [-0.2, 0) is 29.9 Å². The number of thiophene rings is 1. The van der Waals surface area contributed by atoms with E-state index in [-0.39, 0.29) is 11.5 Å². The van der Waals surface area contributed by atoms with Gasteiger partial charge in [0, 0.05) is 26.1 Å². The molecule has 0 atom stereocenters. The summed E-state index contributed by atoms with van der Waals surface area (Å²) >= 11 is 3.08. The number of fused-ring (bicyclic) bond motifs is 3. The van der Waals surface area contributed by atoms with Crippen molar-refractivity contribution in [3.05, 3.63) is 26.6 Å². The van der Waals surface area contributed by atoms with E-state index in [4.69, 9.17) is 15.5 Å². The number of thioether (sulfide) groups is 1. The summed E-state index contributed by atoms with van der Waals surface area (Å²) in [5, 5.41) is 1.43. The Hall–Kier alpha value is -2.24. The van der Waals surface area contributed by atoms with Crippen molar-refractivity contribution in [2.75, 3.05) is 38.4 Å². The van der Waals surface area contributed by atoms with E-state index in [1.165, 1.54) is 28.6 Å². The standard InChI is InChI=1S/C19H25N7O2S2/c1-25(2)18-22-13(21-17(20)24-18)10-29-19-23-15-14(16(27)26(19)8-9-28-3)11-6-4-5-7-12(11)30-15/h4-10H2,1-3H3,(H2,20,21,22,24). The lowest BCUT2D eigenvalue weighted by atomic mass is 9.97. The van der Waals surface area contributed by atoms with E-state index in [0.29, 0.717) is 35.8 Å². The van der Waals surface area contributed by atoms with Gasteiger partial charge in [-0.3, -0.25) is 9.36 Å². The third-order valence-electron chi connectivity index (χ3n) is 4.98. The second-order valence-electron chi connectivity index (χ2n) is 7.33. The highest BCUT2D eigenvalue weighted by Gasteiger charge is 2.22. The maximum atomic E-state index is 13.4. The fourth-order valence-electron chi connectivity index (χ4n) is 3.53. The van der Waals surface area contributed by atoms with Gasteiger partial charge in [-0.05, 0) is 31.2 Å². The third kappa shape index (κ3) is 4.14. The molecule has 1 aliphatic carbocycles. The third-order valence-corrected chi connectivity index (χ3v) is 7.13. The first-order valence-corrected chi connectivity index (χ1v) is 11.6. The zero-order valence-corrected chi connectivity index (χ0v) is 19.0. The van der Waals surface area contributed by atoms with Crippen molar-refractivity contribution in [2.45, 2.75) is 43.1 Å². The van der Waals surface area contributed by atoms with Crippen LogP contribution in [0.4, 0.5) is 11.9 Å². The Morgan fingerprint density at radius 3 is 2.77 bits per heavy atom. The van der Waals surface area contributed by atoms with Crippen LogP contribution in [0.5, 0.6) is 0 Å². The summed E-state index contributed by atoms with van der Waals surface area (Å²) in [5.74, 6) is 1.66. The van der Waals surface area contributed by atoms with Gasteiger partial charge in [-0.2, -0.15) is 15.0 Å². The molecule has 160 valence electrons. The molecule has 3 aromatic heterocycles. The summed E-state index contributed by atoms with van der Waals surface area (Å²) in [4.78, 5) is 35.0. The number of aromatic nitrogens is 5. The van der Waals surface area contributed by atoms with E-state index in [1.54, 1.807) is 27.9 Å². The highest BCUT2D eigenvalue weighted by Crippen LogP contribution is 2.35. The molecule has 11 heteroatoms. The van der Waals surface area contributed by atoms with Gasteiger partial charge in [-0.25, -0.2) is 4.98 Å². The van der Waals surface area contributed by atoms with Crippen LogP contribution in [0.3, 0.4) is 0 Å². The first-order chi connectivity index (χ1) is 14.5. The SMILES string of the molecule is COCCn1c(SCc2nc(N)nc(N(C)C)n2)nc2sc3c(c2c1=O)CCCC3. The summed E-state index contributed by atoms with van der Waals surface area (Å²) in [6.45, 7) is 0.893. The molecule has 9 nitrogen and oxygen atoms in total. The second kappa shape index (κ2) is 8.86. The van der Waals surface area contributed by atoms with E-state index in [0.717, 1.165) is 29.5 Å². The molecule has 0 fully saturated rings. The van der Waals surface area contributed by atoms with Crippen molar-refractivity contribution in [1.29, 1.82) is 0 Å². The van der Waals surface area contributed by atoms with E-state index in [2.05, 4.69) is 15.0 Å². The van der Waals surface area contributed by atoms with Crippen LogP contribution in [0.25, 0.3) is 10.2 Å². The number of nitrogen functional groups attached to an aromatic ring is 1. The van der Waals surface area contributed by atoms with E-state index >= 15 is 0 Å². The Balaban J connectivity index is 1.71. The maximum absolute atomic E-state index is 13.4. The molecule has 1 aliphatic rings. The zero-order valence-electron chi connectivity index (χ0n) is 17.3. The van der Waals surface area contributed by atoms with Gasteiger partial charge in [0.15, 0.2) is 5.16 Å². The van der Waals surface area contributed by atoms with Gasteiger partial charge >= 0.3 is 0 Å². The lowest BCUT2D eigenvalue weighted by Gasteiger charge is -2.14. The lowest BCUT2D eigenvalue weighted by molar-refractivity contribution is 0.183. The van der Waals surface area contributed by atoms with Gasteiger partial charge in [0.25, 0.3) is 5.56 Å². The predicted molar refractivity (Wildman–Crippen MR) is 121 cm³/mol. The Bertz CT molecular complexity index is 1130. The number of nitrogens with zero attached hydrogens (tertiary/aromatic N) is 6. The topological polar surface area (TPSA) is 112 Å². The number of ether oxygens (including phenoxy) is 1. The molecule has 0 amide bonds. The maximum Gasteiger partial charge on any atom is 0.263 e. The molecule has 2 N–H and O–H groups in total. The minimum Gasteiger partial charge on any atom is -0.383 e. The Kier molecular flexibility index (Phi) is 6.21. The fourth-order valence-corrected chi connectivity index (χ4v) is 5.71. The van der Waals surface area contributed by atoms with Gasteiger partial charge in [-0.1, -0.05) is 11.8 Å². The lowest BCUT2D eigenvalue weighted by Crippen LogP contribution is -2.25. The monoisotopic (exact) mass is 447 g/mol. The quantitative estimate of drug-likeness (QED) is 0.430. The van der Waals surface area contributed by atoms with Crippen LogP contribution in [0.2, 0.25) is 0 Å². The normalized spacial score (nSPS) is 13.6. The Morgan fingerprint density at radius 1 is 1.20 bits per heavy atom. The van der Waals surface area contributed by atoms with Gasteiger partial charge in [0.05, 0.1) is 24.3 Å². The fraction of sp³-hybridized carbons (Fsp3) is 0.526. The molecule has 0 saturated heterocycles. The molecule has 0 unspecified atom stereocenters. The largest absolute Gasteiger partial charge is 0.383 e. The summed E-state index contributed by atoms with van der Waals surface area (Å²) in [6, 6.07) is 0. The minimum absolute atomic E-state index is 0.0168. The molecule has 3 heterocycles. The molecule has 30 heavy (non-hydrogen) atoms. The van der Waals surface area contributed by atoms with Gasteiger partial charge < -0.3 is 15.4 Å². The molecule has 0 aromatic carbocycles. The number of nitrogens with two attached hydrogens (primary N) is 1. The Labute approximate surface area is 182 Å². The summed E-state index contributed by atoms with van der Waals surface area (Å²) < 4.78 is 6.95. The molecule has 3 aromatic rings. The van der Waals surface area contributed by atoms with Crippen LogP contribution in [0, 0.1) is 0 Å². The van der Waals surface area contributed by atoms with Gasteiger partial charge in [0.2, 0.25) is 11.9 Å². The summed E-state index contributed by atoms with van der Waals surface area (Å²) in [7, 11) is 5.33. The number of anilines is 2. The zero-order chi connectivity index (χ0) is 21.3. The van der Waals surface area contributed by atoms with E-state index in [9.17, 15) is 4.79 Å². The van der Waals surface area contributed by atoms with Crippen LogP contribution in [0.15, 0.2) is 9.95 Å². The van der Waals surface area contributed by atoms with Crippen LogP contribution in [0.1, 0.15) is 29.1 Å². The average Bonchev–Trinajstić information content (AvgIpc) is 3.10. The van der Waals surface area contributed by atoms with E-state index < -0.39 is 0 Å². The van der Waals surface area contributed by atoms with Crippen molar-refractivity contribution < 1.29 is 4.74 Å². The van der Waals surface area contributed by atoms with Crippen molar-refractivity contribution in [3.63, 3.8) is 0 Å². The van der Waals surface area contributed by atoms with Crippen molar-refractivity contribution in [3.8, 4) is 0 Å². The van der Waals surface area contributed by atoms with Crippen LogP contribution in [-0.4, -0.2) is 52.3 Å². The van der Waals surface area contributed by atoms with Gasteiger partial charge in [-0.15, -0.1) is 11.3 Å². The molecule has 0 aliphatic heterocycles. The average molecular weight is 448 g/mol. The molecule has 0 saturated carbocycles. The number of aryl methyl sites for hydroxylation is 2. The highest BCUT2D eigenvalue weighted by atomic mass is 32.2. The highest BCUT2D eigenvalue weighted by molar-refractivity contribution is 7.98. The molecule has 0 bridgehead atoms. The van der Waals surface area contributed by atoms with Crippen molar-refractivity contribution in [1.82, 2.24) is 24.5 Å². The molecular formula is C19H25N7O2S2. The first-order valence-electron chi connectivity index (χ1n) is 9.82. The first kappa shape index (κ1) is 21.0. The molecular weight excluding hydrogens is 422 g/mol. The van der Waals surface area contributed by atoms with E-state index in [1.807, 2.05) is 14.1 Å². The second-order valence-corrected chi connectivity index (χ2v) is 9.35. The number of hydrogen-bond donors (Lipinski definition) is 1. The van der Waals surface area contributed by atoms with Crippen LogP contribution < -0.4 is 16.2 Å². The van der Waals surface area contributed by atoms with Crippen molar-refractivity contribution in [2.24, 2.45) is 0 Å². The predicted octanol–water partition coefficient (Wildman–Crippen LogP) is 2.11. The van der Waals surface area contributed by atoms with Crippen molar-refractivity contribution >= 4 is 45.2 Å². The molecule has 0 radical (unpaired) electrons. The summed E-state index contributed by atoms with van der Waals surface area (Å²) in [6.07, 6.45) is 4.30. The van der Waals surface area contributed by atoms with Crippen LogP contribution >= 0.6 is 23.1 Å². The minimum atomic E-state index is 0.0168. The smallest absolute Gasteiger partial charge is 0.263 e.